The Morgan fingerprint density at radius 1 is 1.15 bits per heavy atom. The molecule has 0 saturated heterocycles. The van der Waals surface area contributed by atoms with Gasteiger partial charge < -0.3 is 24.0 Å². The number of carbonyl (C=O) groups is 2. The van der Waals surface area contributed by atoms with Gasteiger partial charge in [-0.05, 0) is 99.2 Å². The van der Waals surface area contributed by atoms with Crippen molar-refractivity contribution in [1.29, 1.82) is 0 Å². The van der Waals surface area contributed by atoms with Crippen LogP contribution >= 0.6 is 11.6 Å². The molecule has 5 rings (SSSR count). The molecule has 0 unspecified atom stereocenters. The molecule has 2 aromatic rings. The Kier molecular flexibility index (Phi) is 10.7. The fourth-order valence-corrected chi connectivity index (χ4v) is 7.96. The number of fused-ring (bicyclic) bond motifs is 3. The number of carbonyl (C=O) groups excluding carboxylic acids is 2. The molecule has 1 aliphatic carbocycles. The van der Waals surface area contributed by atoms with Crippen molar-refractivity contribution in [2.45, 2.75) is 69.2 Å². The number of hydrogen-bond acceptors (Lipinski definition) is 7. The molecule has 2 aliphatic heterocycles. The van der Waals surface area contributed by atoms with Gasteiger partial charge in [-0.2, -0.15) is 0 Å². The standard InChI is InChI=1S/C34H45ClN4O6S/c1-34(2)32(40)36-46(42,37-33(41)38(3)4)27-14-16-31-29(20-27)39(21-24-12-15-28(24)30(43-5)10-8-18-45-34)17-7-6-9-23-19-26(35)13-11-25(23)22-44-31/h8,10-11,13-14,16,19-20,24,28,30H,6-7,9,12,15,17-18,21-22H2,1-5H3,(H,36,37,40,41,42)/b10-8+/t24-,28+,30-,46-/m0/s1. The van der Waals surface area contributed by atoms with Gasteiger partial charge in [0.25, 0.3) is 5.91 Å². The minimum absolute atomic E-state index is 0.0935. The van der Waals surface area contributed by atoms with Crippen LogP contribution in [-0.4, -0.2) is 73.7 Å². The highest BCUT2D eigenvalue weighted by atomic mass is 35.5. The van der Waals surface area contributed by atoms with Crippen molar-refractivity contribution in [1.82, 2.24) is 9.62 Å². The molecule has 0 spiro atoms. The monoisotopic (exact) mass is 672 g/mol. The number of rotatable bonds is 2. The zero-order chi connectivity index (χ0) is 33.1. The summed E-state index contributed by atoms with van der Waals surface area (Å²) in [6, 6.07) is 10.4. The van der Waals surface area contributed by atoms with E-state index in [4.69, 9.17) is 25.8 Å². The van der Waals surface area contributed by atoms with Gasteiger partial charge in [0.1, 0.15) is 18.0 Å². The predicted octanol–water partition coefficient (Wildman–Crippen LogP) is 6.01. The van der Waals surface area contributed by atoms with Crippen molar-refractivity contribution in [2.75, 3.05) is 45.8 Å². The zero-order valence-corrected chi connectivity index (χ0v) is 28.9. The second-order valence-electron chi connectivity index (χ2n) is 12.9. The van der Waals surface area contributed by atoms with E-state index in [1.54, 1.807) is 39.2 Å². The lowest BCUT2D eigenvalue weighted by Gasteiger charge is -2.43. The van der Waals surface area contributed by atoms with E-state index in [1.165, 1.54) is 19.0 Å². The van der Waals surface area contributed by atoms with E-state index in [-0.39, 0.29) is 17.6 Å². The fraction of sp³-hybridized carbons (Fsp3) is 0.529. The molecule has 1 fully saturated rings. The van der Waals surface area contributed by atoms with Gasteiger partial charge in [-0.1, -0.05) is 29.8 Å². The lowest BCUT2D eigenvalue weighted by atomic mass is 9.70. The Morgan fingerprint density at radius 2 is 1.96 bits per heavy atom. The molecule has 2 bridgehead atoms. The Labute approximate surface area is 277 Å². The average molecular weight is 673 g/mol. The summed E-state index contributed by atoms with van der Waals surface area (Å²) >= 11 is 6.35. The number of ether oxygens (including phenoxy) is 3. The van der Waals surface area contributed by atoms with Crippen LogP contribution in [0.5, 0.6) is 5.75 Å². The summed E-state index contributed by atoms with van der Waals surface area (Å²) in [6.45, 7) is 5.10. The smallest absolute Gasteiger partial charge is 0.329 e. The highest BCUT2D eigenvalue weighted by Crippen LogP contribution is 2.42. The van der Waals surface area contributed by atoms with Gasteiger partial charge in [0.05, 0.1) is 23.3 Å². The van der Waals surface area contributed by atoms with E-state index in [0.717, 1.165) is 62.0 Å². The molecule has 46 heavy (non-hydrogen) atoms. The van der Waals surface area contributed by atoms with Crippen molar-refractivity contribution in [2.24, 2.45) is 16.2 Å². The lowest BCUT2D eigenvalue weighted by molar-refractivity contribution is -0.137. The molecular formula is C34H45ClN4O6S. The summed E-state index contributed by atoms with van der Waals surface area (Å²) in [5.74, 6) is 0.516. The van der Waals surface area contributed by atoms with Crippen molar-refractivity contribution in [3.8, 4) is 5.75 Å². The predicted molar refractivity (Wildman–Crippen MR) is 180 cm³/mol. The minimum Gasteiger partial charge on any atom is -0.487 e. The molecule has 2 heterocycles. The van der Waals surface area contributed by atoms with Crippen LogP contribution in [0, 0.1) is 11.8 Å². The van der Waals surface area contributed by atoms with Gasteiger partial charge in [0.15, 0.2) is 9.92 Å². The fourth-order valence-electron chi connectivity index (χ4n) is 6.10. The number of nitrogens with zero attached hydrogens (tertiary/aromatic N) is 3. The van der Waals surface area contributed by atoms with E-state index in [1.807, 2.05) is 30.4 Å². The third-order valence-corrected chi connectivity index (χ3v) is 11.1. The molecule has 3 amide bonds. The molecular weight excluding hydrogens is 628 g/mol. The van der Waals surface area contributed by atoms with Gasteiger partial charge in [0.2, 0.25) is 0 Å². The second-order valence-corrected chi connectivity index (χ2v) is 15.3. The summed E-state index contributed by atoms with van der Waals surface area (Å²) in [5.41, 5.74) is 1.55. The van der Waals surface area contributed by atoms with Crippen molar-refractivity contribution in [3.63, 3.8) is 0 Å². The van der Waals surface area contributed by atoms with Gasteiger partial charge >= 0.3 is 6.03 Å². The normalized spacial score (nSPS) is 27.3. The maximum absolute atomic E-state index is 14.7. The lowest BCUT2D eigenvalue weighted by Crippen LogP contribution is -2.44. The summed E-state index contributed by atoms with van der Waals surface area (Å²) < 4.78 is 39.7. The molecule has 4 atom stereocenters. The first-order valence-corrected chi connectivity index (χ1v) is 17.7. The quantitative estimate of drug-likeness (QED) is 0.390. The van der Waals surface area contributed by atoms with E-state index in [0.29, 0.717) is 29.2 Å². The topological polar surface area (TPSA) is 110 Å². The molecule has 10 nitrogen and oxygen atoms in total. The van der Waals surface area contributed by atoms with Crippen LogP contribution in [0.2, 0.25) is 5.02 Å². The number of benzene rings is 2. The molecule has 1 saturated carbocycles. The Hall–Kier alpha value is -3.12. The molecule has 0 radical (unpaired) electrons. The van der Waals surface area contributed by atoms with Gasteiger partial charge in [-0.25, -0.2) is 13.7 Å². The second kappa shape index (κ2) is 14.3. The highest BCUT2D eigenvalue weighted by Gasteiger charge is 2.38. The van der Waals surface area contributed by atoms with Crippen molar-refractivity contribution < 1.29 is 28.0 Å². The number of amides is 3. The molecule has 3 aliphatic rings. The summed E-state index contributed by atoms with van der Waals surface area (Å²) in [5, 5.41) is 0.698. The number of urea groups is 1. The summed E-state index contributed by atoms with van der Waals surface area (Å²) in [4.78, 5) is 30.2. The highest BCUT2D eigenvalue weighted by molar-refractivity contribution is 7.92. The first-order chi connectivity index (χ1) is 21.9. The Morgan fingerprint density at radius 3 is 2.67 bits per heavy atom. The number of hydrogen-bond donors (Lipinski definition) is 1. The number of nitrogens with one attached hydrogen (secondary N) is 1. The van der Waals surface area contributed by atoms with Gasteiger partial charge in [0, 0.05) is 39.3 Å². The van der Waals surface area contributed by atoms with E-state index in [2.05, 4.69) is 14.0 Å². The van der Waals surface area contributed by atoms with Crippen LogP contribution in [0.25, 0.3) is 0 Å². The van der Waals surface area contributed by atoms with E-state index < -0.39 is 27.5 Å². The number of aryl methyl sites for hydroxylation is 1. The third kappa shape index (κ3) is 7.70. The van der Waals surface area contributed by atoms with Crippen LogP contribution in [0.4, 0.5) is 10.5 Å². The van der Waals surface area contributed by atoms with Crippen LogP contribution < -0.4 is 14.4 Å². The first kappa shape index (κ1) is 34.2. The van der Waals surface area contributed by atoms with Crippen molar-refractivity contribution in [3.05, 3.63) is 64.7 Å². The molecule has 2 aromatic carbocycles. The maximum Gasteiger partial charge on any atom is 0.329 e. The average Bonchev–Trinajstić information content (AvgIpc) is 3.03. The largest absolute Gasteiger partial charge is 0.487 e. The first-order valence-electron chi connectivity index (χ1n) is 15.8. The maximum atomic E-state index is 14.7. The molecule has 1 N–H and O–H groups in total. The van der Waals surface area contributed by atoms with Crippen LogP contribution in [0.3, 0.4) is 0 Å². The number of halogens is 1. The Balaban J connectivity index is 1.66. The molecule has 0 aromatic heterocycles. The number of anilines is 1. The summed E-state index contributed by atoms with van der Waals surface area (Å²) in [7, 11) is 1.01. The summed E-state index contributed by atoms with van der Waals surface area (Å²) in [6.07, 6.45) is 8.59. The van der Waals surface area contributed by atoms with Crippen LogP contribution in [0.1, 0.15) is 50.7 Å². The van der Waals surface area contributed by atoms with E-state index >= 15 is 0 Å². The van der Waals surface area contributed by atoms with Gasteiger partial charge in [-0.15, -0.1) is 4.36 Å². The zero-order valence-electron chi connectivity index (χ0n) is 27.3. The number of methoxy groups -OCH3 is 1. The minimum atomic E-state index is -3.78. The van der Waals surface area contributed by atoms with Crippen LogP contribution in [-0.2, 0) is 37.2 Å². The SMILES string of the molecule is CO[C@H]1/C=C/COC(C)(C)C(=O)N=[S@](=O)(NC(=O)N(C)C)c2ccc3c(c2)N(CCCCc2cc(Cl)ccc2CO3)C[C@@H]2CC[C@H]21. The third-order valence-electron chi connectivity index (χ3n) is 9.12. The Bertz CT molecular complexity index is 1600. The van der Waals surface area contributed by atoms with Crippen LogP contribution in [0.15, 0.2) is 57.8 Å². The van der Waals surface area contributed by atoms with E-state index in [9.17, 15) is 13.8 Å². The van der Waals surface area contributed by atoms with Crippen molar-refractivity contribution >= 4 is 39.1 Å². The van der Waals surface area contributed by atoms with Gasteiger partial charge in [-0.3, -0.25) is 4.79 Å². The molecule has 12 heteroatoms. The molecule has 250 valence electrons.